The molecule has 1 N–H and O–H groups in total. The van der Waals surface area contributed by atoms with E-state index in [1.807, 2.05) is 0 Å². The van der Waals surface area contributed by atoms with Crippen LogP contribution in [0.2, 0.25) is 0 Å². The van der Waals surface area contributed by atoms with Gasteiger partial charge in [-0.25, -0.2) is 27.1 Å². The fourth-order valence-corrected chi connectivity index (χ4v) is 2.73. The predicted molar refractivity (Wildman–Crippen MR) is 72.6 cm³/mol. The third-order valence-corrected chi connectivity index (χ3v) is 3.84. The van der Waals surface area contributed by atoms with Crippen LogP contribution in [0.25, 0.3) is 5.65 Å². The minimum atomic E-state index is -3.01. The first-order valence-electron chi connectivity index (χ1n) is 7.23. The maximum atomic E-state index is 13.0. The van der Waals surface area contributed by atoms with Gasteiger partial charge in [0.15, 0.2) is 11.3 Å². The molecule has 0 saturated heterocycles. The molecule has 0 radical (unpaired) electrons. The van der Waals surface area contributed by atoms with Crippen molar-refractivity contribution in [2.75, 3.05) is 0 Å². The van der Waals surface area contributed by atoms with E-state index in [9.17, 15) is 22.4 Å². The van der Waals surface area contributed by atoms with Crippen molar-refractivity contribution < 1.29 is 22.4 Å². The second-order valence-electron chi connectivity index (χ2n) is 5.46. The molecule has 0 atom stereocenters. The van der Waals surface area contributed by atoms with Gasteiger partial charge in [0, 0.05) is 12.1 Å². The summed E-state index contributed by atoms with van der Waals surface area (Å²) in [7, 11) is 0. The van der Waals surface area contributed by atoms with Crippen LogP contribution in [0.4, 0.5) is 17.6 Å². The monoisotopic (exact) mass is 330 g/mol. The van der Waals surface area contributed by atoms with Crippen molar-refractivity contribution in [3.05, 3.63) is 29.2 Å². The average Bonchev–Trinajstić information content (AvgIpc) is 3.14. The lowest BCUT2D eigenvalue weighted by molar-refractivity contribution is 0.0931. The van der Waals surface area contributed by atoms with Crippen LogP contribution < -0.4 is 5.32 Å². The van der Waals surface area contributed by atoms with E-state index in [1.165, 1.54) is 0 Å². The Hall–Kier alpha value is -2.19. The first kappa shape index (κ1) is 15.7. The molecule has 0 aliphatic heterocycles. The Balaban J connectivity index is 1.96. The summed E-state index contributed by atoms with van der Waals surface area (Å²) in [5, 5.41) is 6.56. The van der Waals surface area contributed by atoms with Crippen LogP contribution in [0, 0.1) is 0 Å². The Bertz CT molecular complexity index is 725. The normalized spacial score (nSPS) is 15.9. The molecule has 124 valence electrons. The van der Waals surface area contributed by atoms with Gasteiger partial charge in [0.05, 0.1) is 0 Å². The van der Waals surface area contributed by atoms with E-state index < -0.39 is 30.1 Å². The van der Waals surface area contributed by atoms with Crippen LogP contribution in [0.5, 0.6) is 0 Å². The number of nitrogens with zero attached hydrogens (tertiary/aromatic N) is 3. The Kier molecular flexibility index (Phi) is 4.18. The van der Waals surface area contributed by atoms with Crippen molar-refractivity contribution in [2.24, 2.45) is 0 Å². The van der Waals surface area contributed by atoms with E-state index in [1.54, 1.807) is 0 Å². The summed E-state index contributed by atoms with van der Waals surface area (Å²) >= 11 is 0. The van der Waals surface area contributed by atoms with Gasteiger partial charge >= 0.3 is 0 Å². The zero-order valence-corrected chi connectivity index (χ0v) is 12.0. The third-order valence-electron chi connectivity index (χ3n) is 3.84. The number of hydrogen-bond donors (Lipinski definition) is 1. The number of alkyl halides is 4. The van der Waals surface area contributed by atoms with Crippen molar-refractivity contribution in [2.45, 2.75) is 44.6 Å². The van der Waals surface area contributed by atoms with E-state index in [2.05, 4.69) is 15.4 Å². The number of fused-ring (bicyclic) bond motifs is 1. The molecule has 1 saturated carbocycles. The Morgan fingerprint density at radius 1 is 1.17 bits per heavy atom. The van der Waals surface area contributed by atoms with Gasteiger partial charge in [-0.1, -0.05) is 12.8 Å². The summed E-state index contributed by atoms with van der Waals surface area (Å²) in [6.07, 6.45) is -2.24. The SMILES string of the molecule is O=C(NC1CCCC1)c1cc2nc(C(F)F)cc(C(F)F)n2n1. The molecule has 0 unspecified atom stereocenters. The highest BCUT2D eigenvalue weighted by molar-refractivity contribution is 5.93. The molecule has 1 fully saturated rings. The molecule has 1 aliphatic rings. The van der Waals surface area contributed by atoms with Crippen molar-refractivity contribution >= 4 is 11.6 Å². The maximum absolute atomic E-state index is 13.0. The highest BCUT2D eigenvalue weighted by Crippen LogP contribution is 2.25. The number of rotatable bonds is 4. The smallest absolute Gasteiger partial charge is 0.280 e. The molecule has 2 heterocycles. The molecule has 2 aromatic heterocycles. The van der Waals surface area contributed by atoms with Gasteiger partial charge in [-0.05, 0) is 18.9 Å². The molecule has 23 heavy (non-hydrogen) atoms. The molecule has 0 spiro atoms. The standard InChI is InChI=1S/C14H14F4N4O/c15-12(16)8-5-10(13(17)18)22-11(20-8)6-9(21-22)14(23)19-7-3-1-2-4-7/h5-7,12-13H,1-4H2,(H,19,23). The summed E-state index contributed by atoms with van der Waals surface area (Å²) < 4.78 is 52.3. The Labute approximate surface area is 128 Å². The Morgan fingerprint density at radius 3 is 2.48 bits per heavy atom. The Morgan fingerprint density at radius 2 is 1.87 bits per heavy atom. The average molecular weight is 330 g/mol. The van der Waals surface area contributed by atoms with Crippen LogP contribution in [0.3, 0.4) is 0 Å². The highest BCUT2D eigenvalue weighted by atomic mass is 19.3. The van der Waals surface area contributed by atoms with E-state index >= 15 is 0 Å². The molecule has 3 rings (SSSR count). The lowest BCUT2D eigenvalue weighted by Crippen LogP contribution is -2.32. The second kappa shape index (κ2) is 6.13. The van der Waals surface area contributed by atoms with E-state index in [0.717, 1.165) is 36.3 Å². The second-order valence-corrected chi connectivity index (χ2v) is 5.46. The molecule has 2 aromatic rings. The van der Waals surface area contributed by atoms with Crippen LogP contribution >= 0.6 is 0 Å². The summed E-state index contributed by atoms with van der Waals surface area (Å²) in [5.41, 5.74) is -1.80. The fraction of sp³-hybridized carbons (Fsp3) is 0.500. The first-order valence-corrected chi connectivity index (χ1v) is 7.23. The van der Waals surface area contributed by atoms with E-state index in [0.29, 0.717) is 6.07 Å². The van der Waals surface area contributed by atoms with Crippen LogP contribution in [-0.2, 0) is 0 Å². The molecular formula is C14H14F4N4O. The summed E-state index contributed by atoms with van der Waals surface area (Å²) in [5.74, 6) is -0.513. The van der Waals surface area contributed by atoms with Crippen molar-refractivity contribution in [3.63, 3.8) is 0 Å². The predicted octanol–water partition coefficient (Wildman–Crippen LogP) is 3.28. The van der Waals surface area contributed by atoms with Gasteiger partial charge in [0.1, 0.15) is 11.4 Å². The van der Waals surface area contributed by atoms with Crippen LogP contribution in [-0.4, -0.2) is 26.5 Å². The quantitative estimate of drug-likeness (QED) is 0.875. The molecule has 9 heteroatoms. The number of amides is 1. The molecule has 0 bridgehead atoms. The van der Waals surface area contributed by atoms with Gasteiger partial charge in [0.2, 0.25) is 0 Å². The molecule has 1 amide bonds. The van der Waals surface area contributed by atoms with Gasteiger partial charge in [0.25, 0.3) is 18.8 Å². The fourth-order valence-electron chi connectivity index (χ4n) is 2.73. The van der Waals surface area contributed by atoms with E-state index in [-0.39, 0.29) is 17.4 Å². The largest absolute Gasteiger partial charge is 0.348 e. The number of halogens is 4. The molecule has 1 aliphatic carbocycles. The maximum Gasteiger partial charge on any atom is 0.280 e. The zero-order chi connectivity index (χ0) is 16.6. The lowest BCUT2D eigenvalue weighted by atomic mass is 10.2. The number of hydrogen-bond acceptors (Lipinski definition) is 3. The number of nitrogens with one attached hydrogen (secondary N) is 1. The minimum absolute atomic E-state index is 0.0338. The minimum Gasteiger partial charge on any atom is -0.348 e. The number of carbonyl (C=O) groups is 1. The van der Waals surface area contributed by atoms with Crippen LogP contribution in [0.15, 0.2) is 12.1 Å². The van der Waals surface area contributed by atoms with Gasteiger partial charge < -0.3 is 5.32 Å². The van der Waals surface area contributed by atoms with Crippen molar-refractivity contribution in [1.29, 1.82) is 0 Å². The topological polar surface area (TPSA) is 59.3 Å². The zero-order valence-electron chi connectivity index (χ0n) is 12.0. The summed E-state index contributed by atoms with van der Waals surface area (Å²) in [4.78, 5) is 15.7. The van der Waals surface area contributed by atoms with Crippen LogP contribution in [0.1, 0.15) is 60.4 Å². The number of carbonyl (C=O) groups excluding carboxylic acids is 1. The van der Waals surface area contributed by atoms with Gasteiger partial charge in [-0.2, -0.15) is 5.10 Å². The molecule has 0 aromatic carbocycles. The van der Waals surface area contributed by atoms with Crippen molar-refractivity contribution in [1.82, 2.24) is 19.9 Å². The van der Waals surface area contributed by atoms with Gasteiger partial charge in [-0.15, -0.1) is 0 Å². The first-order chi connectivity index (χ1) is 11.0. The number of aromatic nitrogens is 3. The molecular weight excluding hydrogens is 316 g/mol. The third kappa shape index (κ3) is 3.13. The highest BCUT2D eigenvalue weighted by Gasteiger charge is 2.23. The molecule has 5 nitrogen and oxygen atoms in total. The van der Waals surface area contributed by atoms with E-state index in [4.69, 9.17) is 0 Å². The van der Waals surface area contributed by atoms with Crippen molar-refractivity contribution in [3.8, 4) is 0 Å². The summed E-state index contributed by atoms with van der Waals surface area (Å²) in [6.45, 7) is 0. The van der Waals surface area contributed by atoms with Gasteiger partial charge in [-0.3, -0.25) is 4.79 Å². The lowest BCUT2D eigenvalue weighted by Gasteiger charge is -2.09. The summed E-state index contributed by atoms with van der Waals surface area (Å²) in [6, 6.07) is 1.78.